The third-order valence-corrected chi connectivity index (χ3v) is 4.31. The Morgan fingerprint density at radius 2 is 1.90 bits per heavy atom. The van der Waals surface area contributed by atoms with E-state index in [1.54, 1.807) is 15.4 Å². The zero-order valence-corrected chi connectivity index (χ0v) is 12.5. The molecular formula is C13H9ClN6S. The maximum atomic E-state index is 5.91. The molecule has 0 aliphatic heterocycles. The van der Waals surface area contributed by atoms with Gasteiger partial charge in [-0.05, 0) is 30.3 Å². The molecule has 3 aromatic heterocycles. The molecule has 0 unspecified atom stereocenters. The van der Waals surface area contributed by atoms with Gasteiger partial charge in [0.25, 0.3) is 0 Å². The number of aromatic nitrogens is 6. The highest BCUT2D eigenvalue weighted by Gasteiger charge is 2.15. The number of rotatable bonds is 2. The maximum absolute atomic E-state index is 5.91. The van der Waals surface area contributed by atoms with E-state index in [9.17, 15) is 0 Å². The first-order valence-corrected chi connectivity index (χ1v) is 7.38. The highest BCUT2D eigenvalue weighted by molar-refractivity contribution is 7.19. The van der Waals surface area contributed by atoms with E-state index < -0.39 is 0 Å². The van der Waals surface area contributed by atoms with E-state index in [0.717, 1.165) is 21.2 Å². The van der Waals surface area contributed by atoms with Gasteiger partial charge >= 0.3 is 0 Å². The average molecular weight is 317 g/mol. The van der Waals surface area contributed by atoms with Crippen molar-refractivity contribution in [3.63, 3.8) is 0 Å². The van der Waals surface area contributed by atoms with Crippen LogP contribution in [-0.2, 0) is 7.05 Å². The molecule has 0 N–H and O–H groups in total. The van der Waals surface area contributed by atoms with Crippen LogP contribution in [0, 0.1) is 0 Å². The van der Waals surface area contributed by atoms with Crippen molar-refractivity contribution in [3.8, 4) is 22.1 Å². The molecule has 4 rings (SSSR count). The summed E-state index contributed by atoms with van der Waals surface area (Å²) in [4.78, 5) is 0.746. The number of aryl methyl sites for hydroxylation is 1. The monoisotopic (exact) mass is 316 g/mol. The quantitative estimate of drug-likeness (QED) is 0.570. The fourth-order valence-corrected chi connectivity index (χ4v) is 3.10. The van der Waals surface area contributed by atoms with Crippen molar-refractivity contribution in [3.05, 3.63) is 41.6 Å². The molecule has 0 radical (unpaired) electrons. The van der Waals surface area contributed by atoms with Crippen LogP contribution in [0.15, 0.2) is 36.5 Å². The fourth-order valence-electron chi connectivity index (χ4n) is 2.08. The van der Waals surface area contributed by atoms with Crippen molar-refractivity contribution >= 4 is 27.9 Å². The van der Waals surface area contributed by atoms with Crippen LogP contribution < -0.4 is 0 Å². The van der Waals surface area contributed by atoms with Gasteiger partial charge in [-0.15, -0.1) is 10.2 Å². The van der Waals surface area contributed by atoms with Gasteiger partial charge in [-0.1, -0.05) is 22.9 Å². The topological polar surface area (TPSA) is 60.9 Å². The smallest absolute Gasteiger partial charge is 0.235 e. The summed E-state index contributed by atoms with van der Waals surface area (Å²) in [6.07, 6.45) is 1.75. The summed E-state index contributed by atoms with van der Waals surface area (Å²) in [6, 6.07) is 9.39. The second kappa shape index (κ2) is 4.64. The van der Waals surface area contributed by atoms with Crippen LogP contribution in [0.2, 0.25) is 5.02 Å². The molecule has 104 valence electrons. The first kappa shape index (κ1) is 12.5. The SMILES string of the molecule is Cn1nccc1-c1nn2c(-c3ccc(Cl)cc3)nnc2s1. The van der Waals surface area contributed by atoms with Crippen molar-refractivity contribution in [2.45, 2.75) is 0 Å². The summed E-state index contributed by atoms with van der Waals surface area (Å²) in [5.41, 5.74) is 1.88. The van der Waals surface area contributed by atoms with E-state index in [1.807, 2.05) is 37.4 Å². The van der Waals surface area contributed by atoms with Crippen LogP contribution in [0.4, 0.5) is 0 Å². The number of benzene rings is 1. The van der Waals surface area contributed by atoms with E-state index in [4.69, 9.17) is 11.6 Å². The molecule has 1 aromatic carbocycles. The molecule has 0 atom stereocenters. The van der Waals surface area contributed by atoms with Gasteiger partial charge < -0.3 is 0 Å². The molecule has 8 heteroatoms. The summed E-state index contributed by atoms with van der Waals surface area (Å²) >= 11 is 7.39. The summed E-state index contributed by atoms with van der Waals surface area (Å²) < 4.78 is 3.53. The van der Waals surface area contributed by atoms with Crippen molar-refractivity contribution in [1.82, 2.24) is 29.6 Å². The Kier molecular flexibility index (Phi) is 2.76. The molecule has 0 saturated carbocycles. The van der Waals surface area contributed by atoms with Crippen molar-refractivity contribution in [1.29, 1.82) is 0 Å². The summed E-state index contributed by atoms with van der Waals surface area (Å²) in [5.74, 6) is 0.700. The highest BCUT2D eigenvalue weighted by atomic mass is 35.5. The number of hydrogen-bond acceptors (Lipinski definition) is 5. The summed E-state index contributed by atoms with van der Waals surface area (Å²) in [6.45, 7) is 0. The van der Waals surface area contributed by atoms with Gasteiger partial charge in [0, 0.05) is 23.8 Å². The van der Waals surface area contributed by atoms with Gasteiger partial charge in [0.1, 0.15) is 0 Å². The normalized spacial score (nSPS) is 11.3. The van der Waals surface area contributed by atoms with Crippen LogP contribution in [0.3, 0.4) is 0 Å². The molecule has 0 amide bonds. The van der Waals surface area contributed by atoms with E-state index in [2.05, 4.69) is 20.4 Å². The second-order valence-electron chi connectivity index (χ2n) is 4.47. The number of fused-ring (bicyclic) bond motifs is 1. The van der Waals surface area contributed by atoms with Gasteiger partial charge in [-0.3, -0.25) is 4.68 Å². The molecule has 4 aromatic rings. The summed E-state index contributed by atoms with van der Waals surface area (Å²) in [7, 11) is 1.89. The van der Waals surface area contributed by atoms with Crippen LogP contribution in [-0.4, -0.2) is 29.6 Å². The molecule has 0 aliphatic rings. The van der Waals surface area contributed by atoms with Crippen LogP contribution >= 0.6 is 22.9 Å². The number of nitrogens with zero attached hydrogens (tertiary/aromatic N) is 6. The minimum atomic E-state index is 0.688. The lowest BCUT2D eigenvalue weighted by molar-refractivity contribution is 0.772. The van der Waals surface area contributed by atoms with Crippen molar-refractivity contribution in [2.24, 2.45) is 7.05 Å². The Balaban J connectivity index is 1.87. The van der Waals surface area contributed by atoms with Gasteiger partial charge in [-0.2, -0.15) is 14.7 Å². The molecule has 0 bridgehead atoms. The largest absolute Gasteiger partial charge is 0.265 e. The predicted octanol–water partition coefficient (Wildman–Crippen LogP) is 2.91. The predicted molar refractivity (Wildman–Crippen MR) is 81.3 cm³/mol. The van der Waals surface area contributed by atoms with Crippen LogP contribution in [0.1, 0.15) is 0 Å². The Hall–Kier alpha value is -2.25. The third-order valence-electron chi connectivity index (χ3n) is 3.13. The van der Waals surface area contributed by atoms with E-state index >= 15 is 0 Å². The van der Waals surface area contributed by atoms with E-state index in [1.165, 1.54) is 11.3 Å². The minimum absolute atomic E-state index is 0.688. The lowest BCUT2D eigenvalue weighted by Crippen LogP contribution is -1.95. The van der Waals surface area contributed by atoms with Gasteiger partial charge in [0.2, 0.25) is 4.96 Å². The Morgan fingerprint density at radius 1 is 1.10 bits per heavy atom. The zero-order valence-electron chi connectivity index (χ0n) is 10.9. The molecule has 6 nitrogen and oxygen atoms in total. The minimum Gasteiger partial charge on any atom is -0.265 e. The number of hydrogen-bond donors (Lipinski definition) is 0. The maximum Gasteiger partial charge on any atom is 0.235 e. The third kappa shape index (κ3) is 2.01. The molecule has 21 heavy (non-hydrogen) atoms. The standard InChI is InChI=1S/C13H9ClN6S/c1-19-10(6-7-15-19)12-18-20-11(16-17-13(20)21-12)8-2-4-9(14)5-3-8/h2-7H,1H3. The highest BCUT2D eigenvalue weighted by Crippen LogP contribution is 2.27. The molecule has 0 saturated heterocycles. The van der Waals surface area contributed by atoms with E-state index in [-0.39, 0.29) is 0 Å². The Morgan fingerprint density at radius 3 is 2.62 bits per heavy atom. The van der Waals surface area contributed by atoms with Gasteiger partial charge in [0.05, 0.1) is 5.69 Å². The molecular weight excluding hydrogens is 308 g/mol. The Bertz CT molecular complexity index is 920. The lowest BCUT2D eigenvalue weighted by Gasteiger charge is -1.97. The summed E-state index contributed by atoms with van der Waals surface area (Å²) in [5, 5.41) is 18.7. The molecule has 0 spiro atoms. The molecule has 0 fully saturated rings. The first-order valence-electron chi connectivity index (χ1n) is 6.19. The van der Waals surface area contributed by atoms with Gasteiger partial charge in [0.15, 0.2) is 10.8 Å². The average Bonchev–Trinajstić information content (AvgIpc) is 3.14. The van der Waals surface area contributed by atoms with Gasteiger partial charge in [-0.25, -0.2) is 0 Å². The first-order chi connectivity index (χ1) is 10.2. The molecule has 3 heterocycles. The second-order valence-corrected chi connectivity index (χ2v) is 5.86. The zero-order chi connectivity index (χ0) is 14.4. The van der Waals surface area contributed by atoms with Crippen molar-refractivity contribution in [2.75, 3.05) is 0 Å². The van der Waals surface area contributed by atoms with Crippen molar-refractivity contribution < 1.29 is 0 Å². The lowest BCUT2D eigenvalue weighted by atomic mass is 10.2. The van der Waals surface area contributed by atoms with E-state index in [0.29, 0.717) is 10.8 Å². The van der Waals surface area contributed by atoms with Crippen LogP contribution in [0.5, 0.6) is 0 Å². The van der Waals surface area contributed by atoms with Crippen LogP contribution in [0.25, 0.3) is 27.1 Å². The number of halogens is 1. The molecule has 0 aliphatic carbocycles. The Labute approximate surface area is 128 Å². The fraction of sp³-hybridized carbons (Fsp3) is 0.0769.